The van der Waals surface area contributed by atoms with E-state index in [4.69, 9.17) is 0 Å². The minimum Gasteiger partial charge on any atom is -0.390 e. The summed E-state index contributed by atoms with van der Waals surface area (Å²) in [5, 5.41) is 30.1. The van der Waals surface area contributed by atoms with Gasteiger partial charge in [0.1, 0.15) is 17.3 Å². The highest BCUT2D eigenvalue weighted by molar-refractivity contribution is 5.34. The Hall–Kier alpha value is -3.46. The first kappa shape index (κ1) is 31.0. The van der Waals surface area contributed by atoms with Gasteiger partial charge in [0.05, 0.1) is 12.1 Å². The first-order valence-corrected chi connectivity index (χ1v) is 15.3. The molecule has 5 rings (SSSR count). The van der Waals surface area contributed by atoms with Crippen LogP contribution in [0.4, 0.5) is 8.78 Å². The zero-order valence-electron chi connectivity index (χ0n) is 25.3. The smallest absolute Gasteiger partial charge is 0.126 e. The Balaban J connectivity index is 1.44. The third kappa shape index (κ3) is 7.74. The SMILES string of the molecule is CC(C)(C)c1cccc(C2(NCC(O)C(Cc3cc(F)cc(F)c3)NC(c3ccccc3)c3c[nH]nn3)CCCCC2)c1. The molecule has 1 aliphatic carbocycles. The maximum absolute atomic E-state index is 14.2. The normalized spacial score (nSPS) is 17.3. The van der Waals surface area contributed by atoms with Crippen molar-refractivity contribution in [3.05, 3.63) is 119 Å². The average Bonchev–Trinajstić information content (AvgIpc) is 3.53. The summed E-state index contributed by atoms with van der Waals surface area (Å²) in [7, 11) is 0. The molecule has 0 radical (unpaired) electrons. The lowest BCUT2D eigenvalue weighted by Crippen LogP contribution is -2.53. The molecule has 1 saturated carbocycles. The summed E-state index contributed by atoms with van der Waals surface area (Å²) in [5.41, 5.74) is 4.34. The number of nitrogens with one attached hydrogen (secondary N) is 3. The lowest BCUT2D eigenvalue weighted by Gasteiger charge is -2.41. The minimum atomic E-state index is -0.881. The quantitative estimate of drug-likeness (QED) is 0.161. The number of hydrogen-bond donors (Lipinski definition) is 4. The Kier molecular flexibility index (Phi) is 9.69. The minimum absolute atomic E-state index is 0.0220. The number of aromatic nitrogens is 3. The van der Waals surface area contributed by atoms with Gasteiger partial charge in [-0.05, 0) is 59.1 Å². The van der Waals surface area contributed by atoms with Gasteiger partial charge in [0.2, 0.25) is 0 Å². The maximum atomic E-state index is 14.2. The van der Waals surface area contributed by atoms with Crippen LogP contribution in [0, 0.1) is 11.6 Å². The van der Waals surface area contributed by atoms with Crippen LogP contribution in [0.2, 0.25) is 0 Å². The molecular weight excluding hydrogens is 544 g/mol. The summed E-state index contributed by atoms with van der Waals surface area (Å²) in [6, 6.07) is 21.2. The molecule has 3 atom stereocenters. The number of aromatic amines is 1. The van der Waals surface area contributed by atoms with Crippen LogP contribution in [-0.2, 0) is 17.4 Å². The second-order valence-electron chi connectivity index (χ2n) is 12.9. The zero-order valence-corrected chi connectivity index (χ0v) is 25.3. The molecule has 1 aliphatic rings. The molecule has 0 bridgehead atoms. The van der Waals surface area contributed by atoms with Crippen molar-refractivity contribution < 1.29 is 13.9 Å². The van der Waals surface area contributed by atoms with Crippen molar-refractivity contribution in [2.24, 2.45) is 0 Å². The van der Waals surface area contributed by atoms with E-state index < -0.39 is 29.8 Å². The molecule has 4 aromatic rings. The Morgan fingerprint density at radius 3 is 2.30 bits per heavy atom. The van der Waals surface area contributed by atoms with E-state index in [9.17, 15) is 13.9 Å². The van der Waals surface area contributed by atoms with Gasteiger partial charge in [-0.2, -0.15) is 0 Å². The molecule has 43 heavy (non-hydrogen) atoms. The molecular formula is C35H43F2N5O. The summed E-state index contributed by atoms with van der Waals surface area (Å²) in [6.07, 6.45) is 6.41. The van der Waals surface area contributed by atoms with Crippen molar-refractivity contribution in [1.82, 2.24) is 26.0 Å². The molecule has 3 unspecified atom stereocenters. The van der Waals surface area contributed by atoms with E-state index in [1.54, 1.807) is 6.20 Å². The first-order valence-electron chi connectivity index (χ1n) is 15.3. The number of rotatable bonds is 11. The van der Waals surface area contributed by atoms with E-state index >= 15 is 0 Å². The Bertz CT molecular complexity index is 1430. The summed E-state index contributed by atoms with van der Waals surface area (Å²) >= 11 is 0. The lowest BCUT2D eigenvalue weighted by atomic mass is 9.74. The van der Waals surface area contributed by atoms with Gasteiger partial charge in [-0.25, -0.2) is 8.78 Å². The Labute approximate surface area is 253 Å². The third-order valence-electron chi connectivity index (χ3n) is 8.73. The molecule has 0 aliphatic heterocycles. The number of benzene rings is 3. The molecule has 1 heterocycles. The third-order valence-corrected chi connectivity index (χ3v) is 8.73. The van der Waals surface area contributed by atoms with Gasteiger partial charge in [-0.3, -0.25) is 10.4 Å². The van der Waals surface area contributed by atoms with Crippen molar-refractivity contribution in [3.8, 4) is 0 Å². The molecule has 4 N–H and O–H groups in total. The van der Waals surface area contributed by atoms with Gasteiger partial charge in [0.15, 0.2) is 0 Å². The number of halogens is 2. The van der Waals surface area contributed by atoms with Crippen molar-refractivity contribution in [2.45, 2.75) is 88.4 Å². The van der Waals surface area contributed by atoms with Gasteiger partial charge >= 0.3 is 0 Å². The highest BCUT2D eigenvalue weighted by atomic mass is 19.1. The summed E-state index contributed by atoms with van der Waals surface area (Å²) in [5.74, 6) is -1.28. The number of aliphatic hydroxyl groups excluding tert-OH is 1. The van der Waals surface area contributed by atoms with E-state index in [-0.39, 0.29) is 17.4 Å². The second-order valence-corrected chi connectivity index (χ2v) is 12.9. The highest BCUT2D eigenvalue weighted by Crippen LogP contribution is 2.39. The summed E-state index contributed by atoms with van der Waals surface area (Å²) < 4.78 is 28.4. The van der Waals surface area contributed by atoms with E-state index in [2.05, 4.69) is 71.1 Å². The van der Waals surface area contributed by atoms with E-state index in [1.807, 2.05) is 30.3 Å². The predicted molar refractivity (Wildman–Crippen MR) is 166 cm³/mol. The first-order chi connectivity index (χ1) is 20.6. The fourth-order valence-electron chi connectivity index (χ4n) is 6.30. The van der Waals surface area contributed by atoms with Crippen LogP contribution in [0.25, 0.3) is 0 Å². The van der Waals surface area contributed by atoms with Crippen LogP contribution in [-0.4, -0.2) is 39.2 Å². The van der Waals surface area contributed by atoms with Crippen LogP contribution in [0.15, 0.2) is 79.0 Å². The molecule has 6 nitrogen and oxygen atoms in total. The number of aliphatic hydroxyl groups is 1. The van der Waals surface area contributed by atoms with E-state index in [0.29, 0.717) is 17.8 Å². The van der Waals surface area contributed by atoms with Crippen LogP contribution in [0.1, 0.15) is 86.9 Å². The van der Waals surface area contributed by atoms with Crippen LogP contribution in [0.5, 0.6) is 0 Å². The summed E-state index contributed by atoms with van der Waals surface area (Å²) in [6.45, 7) is 6.97. The van der Waals surface area contributed by atoms with Crippen LogP contribution in [0.3, 0.4) is 0 Å². The van der Waals surface area contributed by atoms with E-state index in [0.717, 1.165) is 37.3 Å². The highest BCUT2D eigenvalue weighted by Gasteiger charge is 2.36. The van der Waals surface area contributed by atoms with Crippen molar-refractivity contribution in [3.63, 3.8) is 0 Å². The molecule has 228 valence electrons. The maximum Gasteiger partial charge on any atom is 0.126 e. The number of H-pyrrole nitrogens is 1. The van der Waals surface area contributed by atoms with Gasteiger partial charge in [0, 0.05) is 30.4 Å². The Morgan fingerprint density at radius 2 is 1.65 bits per heavy atom. The second kappa shape index (κ2) is 13.5. The monoisotopic (exact) mass is 587 g/mol. The van der Waals surface area contributed by atoms with E-state index in [1.165, 1.54) is 29.7 Å². The van der Waals surface area contributed by atoms with Gasteiger partial charge in [0.25, 0.3) is 0 Å². The van der Waals surface area contributed by atoms with Gasteiger partial charge < -0.3 is 10.4 Å². The number of hydrogen-bond acceptors (Lipinski definition) is 5. The molecule has 0 spiro atoms. The largest absolute Gasteiger partial charge is 0.390 e. The molecule has 1 aromatic heterocycles. The Morgan fingerprint density at radius 1 is 0.930 bits per heavy atom. The number of nitrogens with zero attached hydrogens (tertiary/aromatic N) is 2. The van der Waals surface area contributed by atoms with Crippen molar-refractivity contribution in [2.75, 3.05) is 6.54 Å². The zero-order chi connectivity index (χ0) is 30.5. The molecule has 3 aromatic carbocycles. The molecule has 0 saturated heterocycles. The van der Waals surface area contributed by atoms with Crippen LogP contribution >= 0.6 is 0 Å². The fourth-order valence-corrected chi connectivity index (χ4v) is 6.30. The average molecular weight is 588 g/mol. The summed E-state index contributed by atoms with van der Waals surface area (Å²) in [4.78, 5) is 0. The van der Waals surface area contributed by atoms with Gasteiger partial charge in [-0.15, -0.1) is 5.10 Å². The fraction of sp³-hybridized carbons (Fsp3) is 0.429. The standard InChI is InChI=1S/C35H43F2N5O/c1-34(2,3)26-13-10-14-27(20-26)35(15-8-5-9-16-35)38-23-32(43)30(19-24-17-28(36)21-29(37)18-24)40-33(31-22-39-42-41-31)25-11-6-4-7-12-25/h4,6-7,10-14,17-18,20-22,30,32-33,38,40,43H,5,8-9,15-16,19,23H2,1-3H3,(H,39,41,42). The van der Waals surface area contributed by atoms with Crippen LogP contribution < -0.4 is 10.6 Å². The molecule has 1 fully saturated rings. The van der Waals surface area contributed by atoms with Crippen molar-refractivity contribution >= 4 is 0 Å². The predicted octanol–water partition coefficient (Wildman–Crippen LogP) is 6.48. The topological polar surface area (TPSA) is 85.9 Å². The molecule has 0 amide bonds. The van der Waals surface area contributed by atoms with Crippen molar-refractivity contribution in [1.29, 1.82) is 0 Å². The van der Waals surface area contributed by atoms with Gasteiger partial charge in [-0.1, -0.05) is 99.8 Å². The molecule has 8 heteroatoms. The lowest BCUT2D eigenvalue weighted by molar-refractivity contribution is 0.100.